The van der Waals surface area contributed by atoms with Crippen molar-refractivity contribution in [2.75, 3.05) is 12.4 Å². The van der Waals surface area contributed by atoms with Crippen molar-refractivity contribution < 1.29 is 14.3 Å². The third-order valence-electron chi connectivity index (χ3n) is 2.98. The molecule has 0 unspecified atom stereocenters. The predicted octanol–water partition coefficient (Wildman–Crippen LogP) is 2.15. The number of anilines is 1. The summed E-state index contributed by atoms with van der Waals surface area (Å²) in [6, 6.07) is 6.71. The van der Waals surface area contributed by atoms with Crippen molar-refractivity contribution in [3.8, 4) is 0 Å². The Balaban J connectivity index is 1.95. The molecule has 1 fully saturated rings. The highest BCUT2D eigenvalue weighted by Crippen LogP contribution is 2.18. The Labute approximate surface area is 106 Å². The SMILES string of the molecule is COC(=O)c1cccc(NC(=O)NC2CCC2)c1. The minimum absolute atomic E-state index is 0.235. The number of hydrogen-bond donors (Lipinski definition) is 2. The van der Waals surface area contributed by atoms with Gasteiger partial charge in [-0.05, 0) is 37.5 Å². The molecule has 5 nitrogen and oxygen atoms in total. The van der Waals surface area contributed by atoms with Crippen molar-refractivity contribution in [2.24, 2.45) is 0 Å². The Morgan fingerprint density at radius 2 is 2.11 bits per heavy atom. The number of carbonyl (C=O) groups is 2. The highest BCUT2D eigenvalue weighted by Gasteiger charge is 2.19. The summed E-state index contributed by atoms with van der Waals surface area (Å²) in [6.45, 7) is 0. The zero-order valence-corrected chi connectivity index (χ0v) is 10.2. The second-order valence-electron chi connectivity index (χ2n) is 4.30. The Bertz CT molecular complexity index is 455. The van der Waals surface area contributed by atoms with Crippen LogP contribution in [0.5, 0.6) is 0 Å². The monoisotopic (exact) mass is 248 g/mol. The number of esters is 1. The lowest BCUT2D eigenvalue weighted by Gasteiger charge is -2.26. The molecule has 1 aliphatic rings. The van der Waals surface area contributed by atoms with Gasteiger partial charge < -0.3 is 15.4 Å². The van der Waals surface area contributed by atoms with Gasteiger partial charge in [-0.25, -0.2) is 9.59 Å². The first kappa shape index (κ1) is 12.4. The van der Waals surface area contributed by atoms with Crippen LogP contribution < -0.4 is 10.6 Å². The minimum Gasteiger partial charge on any atom is -0.465 e. The Morgan fingerprint density at radius 3 is 2.72 bits per heavy atom. The summed E-state index contributed by atoms with van der Waals surface area (Å²) >= 11 is 0. The third kappa shape index (κ3) is 3.00. The van der Waals surface area contributed by atoms with Crippen molar-refractivity contribution in [3.63, 3.8) is 0 Å². The molecule has 0 aromatic heterocycles. The summed E-state index contributed by atoms with van der Waals surface area (Å²) in [5.41, 5.74) is 0.994. The Morgan fingerprint density at radius 1 is 1.33 bits per heavy atom. The summed E-state index contributed by atoms with van der Waals surface area (Å²) in [7, 11) is 1.33. The molecule has 2 N–H and O–H groups in total. The van der Waals surface area contributed by atoms with Crippen molar-refractivity contribution in [2.45, 2.75) is 25.3 Å². The van der Waals surface area contributed by atoms with E-state index in [4.69, 9.17) is 0 Å². The fourth-order valence-corrected chi connectivity index (χ4v) is 1.75. The van der Waals surface area contributed by atoms with Gasteiger partial charge in [-0.15, -0.1) is 0 Å². The standard InChI is InChI=1S/C13H16N2O3/c1-18-12(16)9-4-2-7-11(8-9)15-13(17)14-10-5-3-6-10/h2,4,7-8,10H,3,5-6H2,1H3,(H2,14,15,17). The first-order valence-electron chi connectivity index (χ1n) is 5.95. The number of benzene rings is 1. The molecule has 2 amide bonds. The molecule has 0 spiro atoms. The van der Waals surface area contributed by atoms with Gasteiger partial charge >= 0.3 is 12.0 Å². The largest absolute Gasteiger partial charge is 0.465 e. The van der Waals surface area contributed by atoms with Gasteiger partial charge in [0.05, 0.1) is 12.7 Å². The predicted molar refractivity (Wildman–Crippen MR) is 67.6 cm³/mol. The molecule has 96 valence electrons. The van der Waals surface area contributed by atoms with Gasteiger partial charge in [-0.3, -0.25) is 0 Å². The summed E-state index contributed by atoms with van der Waals surface area (Å²) in [4.78, 5) is 23.0. The average molecular weight is 248 g/mol. The first-order chi connectivity index (χ1) is 8.69. The lowest BCUT2D eigenvalue weighted by atomic mass is 9.93. The maximum atomic E-state index is 11.6. The number of amides is 2. The third-order valence-corrected chi connectivity index (χ3v) is 2.98. The molecule has 0 atom stereocenters. The smallest absolute Gasteiger partial charge is 0.337 e. The molecule has 18 heavy (non-hydrogen) atoms. The van der Waals surface area contributed by atoms with Crippen LogP contribution in [0.1, 0.15) is 29.6 Å². The number of hydrogen-bond acceptors (Lipinski definition) is 3. The van der Waals surface area contributed by atoms with Crippen molar-refractivity contribution in [3.05, 3.63) is 29.8 Å². The molecule has 0 saturated heterocycles. The van der Waals surface area contributed by atoms with E-state index in [1.807, 2.05) is 0 Å². The van der Waals surface area contributed by atoms with E-state index in [1.165, 1.54) is 13.5 Å². The van der Waals surface area contributed by atoms with Crippen LogP contribution in [-0.2, 0) is 4.74 Å². The molecule has 0 aliphatic heterocycles. The molecular weight excluding hydrogens is 232 g/mol. The topological polar surface area (TPSA) is 67.4 Å². The molecule has 1 saturated carbocycles. The normalized spacial score (nSPS) is 14.5. The van der Waals surface area contributed by atoms with E-state index >= 15 is 0 Å². The molecular formula is C13H16N2O3. The Kier molecular flexibility index (Phi) is 3.82. The van der Waals surface area contributed by atoms with Crippen LogP contribution in [0.4, 0.5) is 10.5 Å². The van der Waals surface area contributed by atoms with Crippen LogP contribution in [0.25, 0.3) is 0 Å². The van der Waals surface area contributed by atoms with E-state index in [0.29, 0.717) is 11.3 Å². The molecule has 0 radical (unpaired) electrons. The zero-order chi connectivity index (χ0) is 13.0. The van der Waals surface area contributed by atoms with Crippen LogP contribution in [0.3, 0.4) is 0 Å². The van der Waals surface area contributed by atoms with Crippen molar-refractivity contribution >= 4 is 17.7 Å². The summed E-state index contributed by atoms with van der Waals surface area (Å²) in [5.74, 6) is -0.418. The van der Waals surface area contributed by atoms with Gasteiger partial charge in [0.25, 0.3) is 0 Å². The maximum Gasteiger partial charge on any atom is 0.337 e. The molecule has 1 aromatic carbocycles. The quantitative estimate of drug-likeness (QED) is 0.805. The zero-order valence-electron chi connectivity index (χ0n) is 10.2. The first-order valence-corrected chi connectivity index (χ1v) is 5.95. The van der Waals surface area contributed by atoms with Gasteiger partial charge in [0.15, 0.2) is 0 Å². The summed E-state index contributed by atoms with van der Waals surface area (Å²) in [5, 5.41) is 5.56. The highest BCUT2D eigenvalue weighted by molar-refractivity contribution is 5.93. The van der Waals surface area contributed by atoms with E-state index in [0.717, 1.165) is 12.8 Å². The van der Waals surface area contributed by atoms with Gasteiger partial charge in [-0.2, -0.15) is 0 Å². The molecule has 1 aromatic rings. The molecule has 0 heterocycles. The van der Waals surface area contributed by atoms with E-state index in [9.17, 15) is 9.59 Å². The highest BCUT2D eigenvalue weighted by atomic mass is 16.5. The number of rotatable bonds is 3. The van der Waals surface area contributed by atoms with E-state index < -0.39 is 5.97 Å². The fourth-order valence-electron chi connectivity index (χ4n) is 1.75. The van der Waals surface area contributed by atoms with Gasteiger partial charge in [0.2, 0.25) is 0 Å². The van der Waals surface area contributed by atoms with Crippen LogP contribution in [0, 0.1) is 0 Å². The maximum absolute atomic E-state index is 11.6. The fraction of sp³-hybridized carbons (Fsp3) is 0.385. The molecule has 2 rings (SSSR count). The number of ether oxygens (including phenoxy) is 1. The lowest BCUT2D eigenvalue weighted by molar-refractivity contribution is 0.0600. The minimum atomic E-state index is -0.418. The van der Waals surface area contributed by atoms with Crippen molar-refractivity contribution in [1.82, 2.24) is 5.32 Å². The average Bonchev–Trinajstić information content (AvgIpc) is 2.33. The molecule has 5 heteroatoms. The second kappa shape index (κ2) is 5.53. The molecule has 1 aliphatic carbocycles. The number of carbonyl (C=O) groups excluding carboxylic acids is 2. The summed E-state index contributed by atoms with van der Waals surface area (Å²) in [6.07, 6.45) is 3.24. The van der Waals surface area contributed by atoms with Crippen molar-refractivity contribution in [1.29, 1.82) is 0 Å². The van der Waals surface area contributed by atoms with Crippen LogP contribution in [0.2, 0.25) is 0 Å². The van der Waals surface area contributed by atoms with E-state index in [1.54, 1.807) is 24.3 Å². The van der Waals surface area contributed by atoms with Crippen LogP contribution >= 0.6 is 0 Å². The van der Waals surface area contributed by atoms with Crippen LogP contribution in [0.15, 0.2) is 24.3 Å². The van der Waals surface area contributed by atoms with E-state index in [-0.39, 0.29) is 12.1 Å². The second-order valence-corrected chi connectivity index (χ2v) is 4.30. The number of nitrogens with one attached hydrogen (secondary N) is 2. The van der Waals surface area contributed by atoms with E-state index in [2.05, 4.69) is 15.4 Å². The number of methoxy groups -OCH3 is 1. The number of urea groups is 1. The molecule has 0 bridgehead atoms. The Hall–Kier alpha value is -2.04. The summed E-state index contributed by atoms with van der Waals surface area (Å²) < 4.78 is 4.62. The van der Waals surface area contributed by atoms with Crippen LogP contribution in [-0.4, -0.2) is 25.2 Å². The van der Waals surface area contributed by atoms with Gasteiger partial charge in [-0.1, -0.05) is 6.07 Å². The van der Waals surface area contributed by atoms with Gasteiger partial charge in [0, 0.05) is 11.7 Å². The lowest BCUT2D eigenvalue weighted by Crippen LogP contribution is -2.41. The van der Waals surface area contributed by atoms with Gasteiger partial charge in [0.1, 0.15) is 0 Å².